The van der Waals surface area contributed by atoms with Crippen LogP contribution >= 0.6 is 0 Å². The molecule has 2 aliphatic rings. The zero-order valence-electron chi connectivity index (χ0n) is 18.9. The second-order valence-electron chi connectivity index (χ2n) is 10.1. The monoisotopic (exact) mass is 436 g/mol. The molecule has 2 aliphatic carbocycles. The van der Waals surface area contributed by atoms with Crippen LogP contribution in [0, 0.1) is 23.2 Å². The summed E-state index contributed by atoms with van der Waals surface area (Å²) >= 11 is 0. The Morgan fingerprint density at radius 2 is 1.58 bits per heavy atom. The summed E-state index contributed by atoms with van der Waals surface area (Å²) in [5.41, 5.74) is -1.17. The highest BCUT2D eigenvalue weighted by atomic mass is 19.4. The molecular formula is C27H36F4. The zero-order valence-corrected chi connectivity index (χ0v) is 18.9. The highest BCUT2D eigenvalue weighted by molar-refractivity contribution is 5.77. The Morgan fingerprint density at radius 3 is 2.13 bits per heavy atom. The van der Waals surface area contributed by atoms with E-state index in [0.717, 1.165) is 37.5 Å². The SMILES string of the molecule is CC(C)CCCC1CCC(CCC2(C(F)(F)F)C=CC(c3ccccc3)=C(F)C2)CC1. The van der Waals surface area contributed by atoms with Gasteiger partial charge in [0.15, 0.2) is 0 Å². The van der Waals surface area contributed by atoms with Crippen LogP contribution in [0.3, 0.4) is 0 Å². The van der Waals surface area contributed by atoms with Crippen molar-refractivity contribution in [3.8, 4) is 0 Å². The quantitative estimate of drug-likeness (QED) is 0.356. The smallest absolute Gasteiger partial charge is 0.211 e. The minimum atomic E-state index is -4.45. The third kappa shape index (κ3) is 6.23. The fraction of sp³-hybridized carbons (Fsp3) is 0.630. The van der Waals surface area contributed by atoms with Crippen molar-refractivity contribution in [2.24, 2.45) is 23.2 Å². The third-order valence-electron chi connectivity index (χ3n) is 7.34. The minimum absolute atomic E-state index is 0.0226. The Morgan fingerprint density at radius 1 is 0.968 bits per heavy atom. The molecule has 1 atom stereocenters. The van der Waals surface area contributed by atoms with Crippen molar-refractivity contribution in [3.63, 3.8) is 0 Å². The number of halogens is 4. The van der Waals surface area contributed by atoms with Crippen molar-refractivity contribution in [2.75, 3.05) is 0 Å². The van der Waals surface area contributed by atoms with Gasteiger partial charge in [0.05, 0.1) is 5.41 Å². The lowest BCUT2D eigenvalue weighted by Crippen LogP contribution is -2.38. The van der Waals surface area contributed by atoms with Gasteiger partial charge in [-0.25, -0.2) is 4.39 Å². The highest BCUT2D eigenvalue weighted by Gasteiger charge is 2.54. The van der Waals surface area contributed by atoms with Crippen molar-refractivity contribution in [2.45, 2.75) is 84.2 Å². The van der Waals surface area contributed by atoms with Crippen molar-refractivity contribution in [1.82, 2.24) is 0 Å². The van der Waals surface area contributed by atoms with Gasteiger partial charge >= 0.3 is 6.18 Å². The number of rotatable bonds is 8. The summed E-state index contributed by atoms with van der Waals surface area (Å²) in [5, 5.41) is 0. The van der Waals surface area contributed by atoms with E-state index in [1.54, 1.807) is 24.3 Å². The van der Waals surface area contributed by atoms with Gasteiger partial charge in [0.1, 0.15) is 5.83 Å². The summed E-state index contributed by atoms with van der Waals surface area (Å²) < 4.78 is 57.1. The normalized spacial score (nSPS) is 27.2. The lowest BCUT2D eigenvalue weighted by molar-refractivity contribution is -0.210. The summed E-state index contributed by atoms with van der Waals surface area (Å²) in [6.07, 6.45) is 6.10. The van der Waals surface area contributed by atoms with Crippen LogP contribution in [0.1, 0.15) is 83.6 Å². The molecule has 0 amide bonds. The van der Waals surface area contributed by atoms with Gasteiger partial charge in [-0.05, 0) is 36.2 Å². The van der Waals surface area contributed by atoms with Crippen molar-refractivity contribution in [1.29, 1.82) is 0 Å². The molecule has 172 valence electrons. The van der Waals surface area contributed by atoms with E-state index in [1.807, 2.05) is 6.07 Å². The van der Waals surface area contributed by atoms with Crippen LogP contribution in [-0.4, -0.2) is 6.18 Å². The van der Waals surface area contributed by atoms with Crippen LogP contribution in [0.2, 0.25) is 0 Å². The molecule has 0 saturated heterocycles. The van der Waals surface area contributed by atoms with Gasteiger partial charge in [0.25, 0.3) is 0 Å². The molecule has 1 aromatic rings. The second-order valence-corrected chi connectivity index (χ2v) is 10.1. The van der Waals surface area contributed by atoms with E-state index in [4.69, 9.17) is 0 Å². The molecule has 0 spiro atoms. The van der Waals surface area contributed by atoms with E-state index in [0.29, 0.717) is 17.9 Å². The Labute approximate surface area is 184 Å². The van der Waals surface area contributed by atoms with Gasteiger partial charge in [0, 0.05) is 12.0 Å². The topological polar surface area (TPSA) is 0 Å². The molecule has 0 N–H and O–H groups in total. The maximum atomic E-state index is 14.9. The third-order valence-corrected chi connectivity index (χ3v) is 7.34. The molecule has 4 heteroatoms. The summed E-state index contributed by atoms with van der Waals surface area (Å²) in [4.78, 5) is 0. The van der Waals surface area contributed by atoms with E-state index in [1.165, 1.54) is 31.4 Å². The van der Waals surface area contributed by atoms with E-state index in [9.17, 15) is 17.6 Å². The van der Waals surface area contributed by atoms with E-state index < -0.39 is 23.8 Å². The first kappa shape index (κ1) is 24.1. The predicted octanol–water partition coefficient (Wildman–Crippen LogP) is 9.29. The largest absolute Gasteiger partial charge is 0.398 e. The molecule has 3 rings (SSSR count). The second kappa shape index (κ2) is 10.4. The molecule has 0 nitrogen and oxygen atoms in total. The van der Waals surface area contributed by atoms with Crippen LogP contribution in [-0.2, 0) is 0 Å². The Bertz CT molecular complexity index is 751. The minimum Gasteiger partial charge on any atom is -0.211 e. The molecule has 1 unspecified atom stereocenters. The van der Waals surface area contributed by atoms with Crippen LogP contribution in [0.5, 0.6) is 0 Å². The molecule has 0 bridgehead atoms. The fourth-order valence-electron chi connectivity index (χ4n) is 5.23. The molecular weight excluding hydrogens is 400 g/mol. The first-order valence-corrected chi connectivity index (χ1v) is 11.9. The average Bonchev–Trinajstić information content (AvgIpc) is 2.73. The predicted molar refractivity (Wildman–Crippen MR) is 120 cm³/mol. The molecule has 1 aromatic carbocycles. The Balaban J connectivity index is 1.58. The van der Waals surface area contributed by atoms with Crippen LogP contribution in [0.15, 0.2) is 48.3 Å². The number of benzene rings is 1. The molecule has 0 radical (unpaired) electrons. The molecule has 0 heterocycles. The lowest BCUT2D eigenvalue weighted by Gasteiger charge is -2.37. The van der Waals surface area contributed by atoms with Gasteiger partial charge in [-0.2, -0.15) is 13.2 Å². The van der Waals surface area contributed by atoms with E-state index >= 15 is 0 Å². The standard InChI is InChI=1S/C27H36F4/c1-20(2)7-6-8-21-11-13-22(14-12-21)15-17-26(27(29,30)31)18-16-24(25(28)19-26)23-9-4-3-5-10-23/h3-5,9-10,16,18,20-22H,6-8,11-15,17,19H2,1-2H3. The summed E-state index contributed by atoms with van der Waals surface area (Å²) in [7, 11) is 0. The van der Waals surface area contributed by atoms with Gasteiger partial charge < -0.3 is 0 Å². The summed E-state index contributed by atoms with van der Waals surface area (Å²) in [6.45, 7) is 4.49. The van der Waals surface area contributed by atoms with Crippen LogP contribution in [0.4, 0.5) is 17.6 Å². The van der Waals surface area contributed by atoms with Crippen LogP contribution in [0.25, 0.3) is 5.57 Å². The zero-order chi connectivity index (χ0) is 22.5. The van der Waals surface area contributed by atoms with Crippen molar-refractivity contribution in [3.05, 3.63) is 53.9 Å². The van der Waals surface area contributed by atoms with Crippen molar-refractivity contribution >= 4 is 5.57 Å². The Kier molecular flexibility index (Phi) is 8.04. The molecule has 1 saturated carbocycles. The van der Waals surface area contributed by atoms with E-state index in [-0.39, 0.29) is 12.0 Å². The van der Waals surface area contributed by atoms with Gasteiger partial charge in [-0.15, -0.1) is 0 Å². The number of hydrogen-bond donors (Lipinski definition) is 0. The molecule has 0 aromatic heterocycles. The molecule has 0 aliphatic heterocycles. The maximum absolute atomic E-state index is 14.9. The average molecular weight is 437 g/mol. The maximum Gasteiger partial charge on any atom is 0.398 e. The van der Waals surface area contributed by atoms with Crippen LogP contribution < -0.4 is 0 Å². The summed E-state index contributed by atoms with van der Waals surface area (Å²) in [6, 6.07) is 8.83. The first-order valence-electron chi connectivity index (χ1n) is 11.9. The van der Waals surface area contributed by atoms with E-state index in [2.05, 4.69) is 13.8 Å². The number of allylic oxidation sites excluding steroid dienone is 4. The Hall–Kier alpha value is -1.58. The molecule has 31 heavy (non-hydrogen) atoms. The van der Waals surface area contributed by atoms with Gasteiger partial charge in [0.2, 0.25) is 0 Å². The lowest BCUT2D eigenvalue weighted by atomic mass is 9.71. The fourth-order valence-corrected chi connectivity index (χ4v) is 5.23. The van der Waals surface area contributed by atoms with Gasteiger partial charge in [-0.1, -0.05) is 101 Å². The summed E-state index contributed by atoms with van der Waals surface area (Å²) in [5.74, 6) is 1.14. The number of hydrogen-bond acceptors (Lipinski definition) is 0. The van der Waals surface area contributed by atoms with Gasteiger partial charge in [-0.3, -0.25) is 0 Å². The molecule has 1 fully saturated rings. The number of alkyl halides is 3. The highest BCUT2D eigenvalue weighted by Crippen LogP contribution is 2.52. The van der Waals surface area contributed by atoms with Crippen molar-refractivity contribution < 1.29 is 17.6 Å². The first-order chi connectivity index (χ1) is 14.7.